The molecule has 3 rings (SSSR count). The van der Waals surface area contributed by atoms with E-state index < -0.39 is 0 Å². The Morgan fingerprint density at radius 3 is 2.70 bits per heavy atom. The second kappa shape index (κ2) is 5.84. The van der Waals surface area contributed by atoms with E-state index in [4.69, 9.17) is 23.2 Å². The molecule has 1 aromatic rings. The molecule has 2 nitrogen and oxygen atoms in total. The third-order valence-corrected chi connectivity index (χ3v) is 5.57. The van der Waals surface area contributed by atoms with Gasteiger partial charge >= 0.3 is 0 Å². The molecule has 0 bridgehead atoms. The van der Waals surface area contributed by atoms with Crippen LogP contribution in [0.25, 0.3) is 0 Å². The van der Waals surface area contributed by atoms with Gasteiger partial charge in [0.15, 0.2) is 0 Å². The molecule has 2 fully saturated rings. The lowest BCUT2D eigenvalue weighted by Gasteiger charge is -2.45. The van der Waals surface area contributed by atoms with Crippen LogP contribution >= 0.6 is 23.2 Å². The van der Waals surface area contributed by atoms with Gasteiger partial charge in [0.1, 0.15) is 0 Å². The van der Waals surface area contributed by atoms with Crippen LogP contribution in [0.2, 0.25) is 10.0 Å². The maximum absolute atomic E-state index is 6.13. The van der Waals surface area contributed by atoms with Gasteiger partial charge in [-0.1, -0.05) is 42.1 Å². The van der Waals surface area contributed by atoms with Crippen LogP contribution in [0.1, 0.15) is 38.2 Å². The Morgan fingerprint density at radius 1 is 1.25 bits per heavy atom. The summed E-state index contributed by atoms with van der Waals surface area (Å²) in [4.78, 5) is 2.58. The number of hydrogen-bond acceptors (Lipinski definition) is 2. The summed E-state index contributed by atoms with van der Waals surface area (Å²) in [6.45, 7) is 5.49. The van der Waals surface area contributed by atoms with Crippen LogP contribution in [0.15, 0.2) is 18.2 Å². The molecule has 1 heterocycles. The molecule has 1 N–H and O–H groups in total. The molecule has 4 heteroatoms. The number of benzene rings is 1. The number of rotatable bonds is 2. The Morgan fingerprint density at radius 2 is 2.00 bits per heavy atom. The molecule has 2 aliphatic rings. The van der Waals surface area contributed by atoms with Crippen molar-refractivity contribution in [2.75, 3.05) is 13.1 Å². The van der Waals surface area contributed by atoms with Crippen LogP contribution in [-0.4, -0.2) is 29.6 Å². The minimum atomic E-state index is 0.364. The minimum Gasteiger partial charge on any atom is -0.308 e. The highest BCUT2D eigenvalue weighted by Gasteiger charge is 2.39. The Hall–Kier alpha value is -0.280. The first-order valence-corrected chi connectivity index (χ1v) is 8.27. The van der Waals surface area contributed by atoms with Gasteiger partial charge in [0, 0.05) is 31.2 Å². The van der Waals surface area contributed by atoms with Crippen molar-refractivity contribution in [1.29, 1.82) is 0 Å². The van der Waals surface area contributed by atoms with E-state index in [-0.39, 0.29) is 0 Å². The molecule has 0 aromatic heterocycles. The quantitative estimate of drug-likeness (QED) is 0.884. The summed E-state index contributed by atoms with van der Waals surface area (Å²) in [5, 5.41) is 5.08. The van der Waals surface area contributed by atoms with Crippen LogP contribution in [0.5, 0.6) is 0 Å². The maximum Gasteiger partial charge on any atom is 0.0595 e. The van der Waals surface area contributed by atoms with E-state index >= 15 is 0 Å². The van der Waals surface area contributed by atoms with E-state index in [1.807, 2.05) is 12.1 Å². The monoisotopic (exact) mass is 312 g/mol. The van der Waals surface area contributed by atoms with Crippen LogP contribution in [0.3, 0.4) is 0 Å². The summed E-state index contributed by atoms with van der Waals surface area (Å²) >= 11 is 12.1. The number of nitrogens with zero attached hydrogens (tertiary/aromatic N) is 1. The van der Waals surface area contributed by atoms with E-state index in [1.165, 1.54) is 31.2 Å². The summed E-state index contributed by atoms with van der Waals surface area (Å²) in [7, 11) is 0. The predicted octanol–water partition coefficient (Wildman–Crippen LogP) is 4.10. The molecule has 1 aliphatic carbocycles. The van der Waals surface area contributed by atoms with Gasteiger partial charge < -0.3 is 5.32 Å². The lowest BCUT2D eigenvalue weighted by atomic mass is 9.92. The molecule has 1 atom stereocenters. The SMILES string of the molecule is CC1CNC2(CCCC2)CN1Cc1ccc(Cl)c(Cl)c1. The molecule has 20 heavy (non-hydrogen) atoms. The van der Waals surface area contributed by atoms with E-state index in [9.17, 15) is 0 Å². The topological polar surface area (TPSA) is 15.3 Å². The Balaban J connectivity index is 1.72. The third-order valence-electron chi connectivity index (χ3n) is 4.83. The van der Waals surface area contributed by atoms with E-state index in [1.54, 1.807) is 0 Å². The summed E-state index contributed by atoms with van der Waals surface area (Å²) in [5.74, 6) is 0. The molecular formula is C16H22Cl2N2. The number of piperazine rings is 1. The summed E-state index contributed by atoms with van der Waals surface area (Å²) < 4.78 is 0. The highest BCUT2D eigenvalue weighted by Crippen LogP contribution is 2.34. The molecule has 1 unspecified atom stereocenters. The van der Waals surface area contributed by atoms with Crippen molar-refractivity contribution in [1.82, 2.24) is 10.2 Å². The van der Waals surface area contributed by atoms with E-state index in [0.29, 0.717) is 21.6 Å². The normalized spacial score (nSPS) is 26.2. The average Bonchev–Trinajstić information content (AvgIpc) is 2.87. The van der Waals surface area contributed by atoms with Gasteiger partial charge in [-0.05, 0) is 37.5 Å². The zero-order valence-electron chi connectivity index (χ0n) is 12.0. The van der Waals surface area contributed by atoms with Crippen molar-refractivity contribution >= 4 is 23.2 Å². The van der Waals surface area contributed by atoms with Gasteiger partial charge in [-0.2, -0.15) is 0 Å². The van der Waals surface area contributed by atoms with Crippen molar-refractivity contribution in [2.24, 2.45) is 0 Å². The third kappa shape index (κ3) is 2.99. The molecule has 1 saturated carbocycles. The molecule has 1 spiro atoms. The van der Waals surface area contributed by atoms with Crippen LogP contribution in [0.4, 0.5) is 0 Å². The number of hydrogen-bond donors (Lipinski definition) is 1. The van der Waals surface area contributed by atoms with Gasteiger partial charge in [0.2, 0.25) is 0 Å². The van der Waals surface area contributed by atoms with E-state index in [2.05, 4.69) is 23.2 Å². The number of halogens is 2. The fraction of sp³-hybridized carbons (Fsp3) is 0.625. The molecule has 1 saturated heterocycles. The minimum absolute atomic E-state index is 0.364. The van der Waals surface area contributed by atoms with Crippen molar-refractivity contribution in [3.05, 3.63) is 33.8 Å². The zero-order chi connectivity index (χ0) is 14.2. The van der Waals surface area contributed by atoms with Gasteiger partial charge in [-0.25, -0.2) is 0 Å². The molecule has 1 aliphatic heterocycles. The fourth-order valence-corrected chi connectivity index (χ4v) is 3.89. The Kier molecular flexibility index (Phi) is 4.28. The zero-order valence-corrected chi connectivity index (χ0v) is 13.5. The van der Waals surface area contributed by atoms with Crippen LogP contribution in [-0.2, 0) is 6.54 Å². The molecular weight excluding hydrogens is 291 g/mol. The Labute approximate surface area is 131 Å². The standard InChI is InChI=1S/C16H22Cl2N2/c1-12-9-19-16(6-2-3-7-16)11-20(12)10-13-4-5-14(17)15(18)8-13/h4-5,8,12,19H,2-3,6-7,9-11H2,1H3. The van der Waals surface area contributed by atoms with Gasteiger partial charge in [-0.15, -0.1) is 0 Å². The summed E-state index contributed by atoms with van der Waals surface area (Å²) in [6.07, 6.45) is 5.36. The van der Waals surface area contributed by atoms with E-state index in [0.717, 1.165) is 19.6 Å². The summed E-state index contributed by atoms with van der Waals surface area (Å²) in [6, 6.07) is 6.55. The van der Waals surface area contributed by atoms with Crippen LogP contribution in [0, 0.1) is 0 Å². The first-order chi connectivity index (χ1) is 9.58. The largest absolute Gasteiger partial charge is 0.308 e. The van der Waals surface area contributed by atoms with Crippen molar-refractivity contribution < 1.29 is 0 Å². The van der Waals surface area contributed by atoms with Gasteiger partial charge in [0.25, 0.3) is 0 Å². The van der Waals surface area contributed by atoms with Crippen molar-refractivity contribution in [2.45, 2.75) is 50.7 Å². The number of nitrogens with one attached hydrogen (secondary N) is 1. The van der Waals surface area contributed by atoms with Crippen molar-refractivity contribution in [3.63, 3.8) is 0 Å². The first-order valence-electron chi connectivity index (χ1n) is 7.51. The first kappa shape index (κ1) is 14.6. The lowest BCUT2D eigenvalue weighted by molar-refractivity contribution is 0.0827. The lowest BCUT2D eigenvalue weighted by Crippen LogP contribution is -2.62. The second-order valence-corrected chi connectivity index (χ2v) is 7.19. The maximum atomic E-state index is 6.13. The van der Waals surface area contributed by atoms with Gasteiger partial charge in [0.05, 0.1) is 10.0 Å². The molecule has 1 aromatic carbocycles. The molecule has 110 valence electrons. The smallest absolute Gasteiger partial charge is 0.0595 e. The highest BCUT2D eigenvalue weighted by atomic mass is 35.5. The van der Waals surface area contributed by atoms with Crippen molar-refractivity contribution in [3.8, 4) is 0 Å². The van der Waals surface area contributed by atoms with Crippen LogP contribution < -0.4 is 5.32 Å². The second-order valence-electron chi connectivity index (χ2n) is 6.37. The van der Waals surface area contributed by atoms with Gasteiger partial charge in [-0.3, -0.25) is 4.90 Å². The molecule has 0 radical (unpaired) electrons. The predicted molar refractivity (Wildman–Crippen MR) is 85.5 cm³/mol. The average molecular weight is 313 g/mol. The fourth-order valence-electron chi connectivity index (χ4n) is 3.56. The Bertz CT molecular complexity index is 483. The summed E-state index contributed by atoms with van der Waals surface area (Å²) in [5.41, 5.74) is 1.62. The molecule has 0 amide bonds. The highest BCUT2D eigenvalue weighted by molar-refractivity contribution is 6.42.